The molecule has 0 saturated carbocycles. The molecule has 0 saturated heterocycles. The Labute approximate surface area is 571 Å². The van der Waals surface area contributed by atoms with E-state index in [0.717, 1.165) is 148 Å². The fourth-order valence-corrected chi connectivity index (χ4v) is 11.7. The van der Waals surface area contributed by atoms with E-state index in [2.05, 4.69) is 88.5 Å². The fraction of sp³-hybridized carbons (Fsp3) is 0.813. The van der Waals surface area contributed by atoms with Crippen molar-refractivity contribution in [3.05, 3.63) is 60.8 Å². The summed E-state index contributed by atoms with van der Waals surface area (Å²) in [6, 6.07) is 0. The molecule has 5 unspecified atom stereocenters. The lowest BCUT2D eigenvalue weighted by Crippen LogP contribution is -2.30. The van der Waals surface area contributed by atoms with Crippen LogP contribution >= 0.6 is 15.6 Å². The summed E-state index contributed by atoms with van der Waals surface area (Å²) in [5.41, 5.74) is 0. The maximum atomic E-state index is 13.1. The molecule has 0 aliphatic carbocycles. The van der Waals surface area contributed by atoms with Gasteiger partial charge in [0.2, 0.25) is 0 Å². The van der Waals surface area contributed by atoms with Gasteiger partial charge < -0.3 is 33.8 Å². The van der Waals surface area contributed by atoms with Gasteiger partial charge in [0, 0.05) is 25.7 Å². The van der Waals surface area contributed by atoms with E-state index in [0.29, 0.717) is 25.7 Å². The van der Waals surface area contributed by atoms with Crippen LogP contribution in [0.25, 0.3) is 0 Å². The van der Waals surface area contributed by atoms with Crippen LogP contribution in [0.3, 0.4) is 0 Å². The zero-order chi connectivity index (χ0) is 69.0. The van der Waals surface area contributed by atoms with Crippen LogP contribution in [0.4, 0.5) is 0 Å². The largest absolute Gasteiger partial charge is 0.472 e. The smallest absolute Gasteiger partial charge is 0.462 e. The fourth-order valence-electron chi connectivity index (χ4n) is 10.1. The molecule has 0 bridgehead atoms. The first kappa shape index (κ1) is 90.8. The standard InChI is InChI=1S/C75H136O17P2/c1-5-9-13-17-21-25-29-32-34-37-41-44-48-52-56-60-73(78)86-66-71(92-75(80)62-58-54-50-46-42-38-35-33-30-26-22-18-14-10-6-2)68-90-94(83,84)88-64-69(76)63-87-93(81,82)89-67-70(91-74(79)61-57-53-49-45-39-28-24-20-16-12-8-4)65-85-72(77)59-55-51-47-43-40-36-31-27-23-19-15-11-7-3/h20-22,24-26,32-35,69-71,76H,5-19,23,27-31,36-68H2,1-4H3,(H,81,82)(H,83,84)/b24-20-,25-21-,26-22-,34-32-,35-33-. The third-order valence-corrected chi connectivity index (χ3v) is 17.9. The molecule has 0 spiro atoms. The number of ether oxygens (including phenoxy) is 4. The van der Waals surface area contributed by atoms with Crippen molar-refractivity contribution in [1.82, 2.24) is 0 Å². The molecule has 0 radical (unpaired) electrons. The number of aliphatic hydroxyl groups excluding tert-OH is 1. The lowest BCUT2D eigenvalue weighted by atomic mass is 10.0. The van der Waals surface area contributed by atoms with Crippen LogP contribution in [0.1, 0.15) is 336 Å². The second-order valence-electron chi connectivity index (χ2n) is 25.2. The van der Waals surface area contributed by atoms with Gasteiger partial charge >= 0.3 is 39.5 Å². The normalized spacial score (nSPS) is 14.3. The van der Waals surface area contributed by atoms with Crippen LogP contribution in [-0.4, -0.2) is 96.7 Å². The van der Waals surface area contributed by atoms with E-state index in [9.17, 15) is 43.2 Å². The molecule has 0 aromatic heterocycles. The SMILES string of the molecule is CCCC/C=C\CCCCCCCC(=O)OC(COC(=O)CCCCCCCCCCCCCCC)COP(=O)(O)OCC(O)COP(=O)(O)OCC(COC(=O)CCCCCCC/C=C\C/C=C\CCCCC)OC(=O)CCCCCCC/C=C\C/C=C\CCCCC. The second kappa shape index (κ2) is 68.3. The van der Waals surface area contributed by atoms with Gasteiger partial charge in [-0.15, -0.1) is 0 Å². The van der Waals surface area contributed by atoms with Crippen LogP contribution in [0.5, 0.6) is 0 Å². The van der Waals surface area contributed by atoms with Crippen molar-refractivity contribution in [2.45, 2.75) is 354 Å². The van der Waals surface area contributed by atoms with Crippen molar-refractivity contribution < 1.29 is 80.2 Å². The molecule has 0 aromatic rings. The molecule has 0 aromatic carbocycles. The van der Waals surface area contributed by atoms with Crippen molar-refractivity contribution in [3.63, 3.8) is 0 Å². The number of phosphoric acid groups is 2. The number of hydrogen-bond donors (Lipinski definition) is 3. The van der Waals surface area contributed by atoms with Gasteiger partial charge in [-0.1, -0.05) is 262 Å². The summed E-state index contributed by atoms with van der Waals surface area (Å²) < 4.78 is 68.3. The Hall–Kier alpha value is -3.24. The molecular formula is C75H136O17P2. The topological polar surface area (TPSA) is 237 Å². The van der Waals surface area contributed by atoms with Gasteiger partial charge in [0.1, 0.15) is 19.3 Å². The number of carbonyl (C=O) groups excluding carboxylic acids is 4. The predicted molar refractivity (Wildman–Crippen MR) is 381 cm³/mol. The van der Waals surface area contributed by atoms with Crippen LogP contribution in [0, 0.1) is 0 Å². The molecule has 19 heteroatoms. The third kappa shape index (κ3) is 67.3. The van der Waals surface area contributed by atoms with Crippen LogP contribution in [0.15, 0.2) is 60.8 Å². The molecule has 0 amide bonds. The van der Waals surface area contributed by atoms with E-state index in [1.807, 2.05) is 0 Å². The summed E-state index contributed by atoms with van der Waals surface area (Å²) in [6.07, 6.45) is 65.0. The Balaban J connectivity index is 5.33. The monoisotopic (exact) mass is 1370 g/mol. The summed E-state index contributed by atoms with van der Waals surface area (Å²) in [5.74, 6) is -2.19. The lowest BCUT2D eigenvalue weighted by molar-refractivity contribution is -0.161. The Morgan fingerprint density at radius 3 is 0.851 bits per heavy atom. The quantitative estimate of drug-likeness (QED) is 0.0169. The average Bonchev–Trinajstić information content (AvgIpc) is 1.36. The van der Waals surface area contributed by atoms with Crippen molar-refractivity contribution in [3.8, 4) is 0 Å². The Kier molecular flexibility index (Phi) is 65.9. The number of unbranched alkanes of at least 4 members (excludes halogenated alkanes) is 35. The van der Waals surface area contributed by atoms with Crippen LogP contribution < -0.4 is 0 Å². The summed E-state index contributed by atoms with van der Waals surface area (Å²) in [7, 11) is -9.94. The number of rotatable bonds is 71. The molecule has 17 nitrogen and oxygen atoms in total. The average molecular weight is 1370 g/mol. The number of esters is 4. The molecule has 0 fully saturated rings. The van der Waals surface area contributed by atoms with E-state index in [-0.39, 0.29) is 25.7 Å². The lowest BCUT2D eigenvalue weighted by Gasteiger charge is -2.21. The van der Waals surface area contributed by atoms with Gasteiger partial charge in [0.05, 0.1) is 26.4 Å². The maximum Gasteiger partial charge on any atom is 0.472 e. The highest BCUT2D eigenvalue weighted by Gasteiger charge is 2.30. The summed E-state index contributed by atoms with van der Waals surface area (Å²) in [6.45, 7) is 4.78. The Morgan fingerprint density at radius 1 is 0.298 bits per heavy atom. The molecule has 0 heterocycles. The van der Waals surface area contributed by atoms with E-state index >= 15 is 0 Å². The minimum atomic E-state index is -4.97. The molecule has 5 atom stereocenters. The van der Waals surface area contributed by atoms with Gasteiger partial charge in [-0.3, -0.25) is 37.3 Å². The van der Waals surface area contributed by atoms with Crippen LogP contribution in [-0.2, 0) is 65.4 Å². The van der Waals surface area contributed by atoms with E-state index in [1.165, 1.54) is 109 Å². The summed E-state index contributed by atoms with van der Waals surface area (Å²) in [5, 5.41) is 10.6. The summed E-state index contributed by atoms with van der Waals surface area (Å²) in [4.78, 5) is 72.7. The maximum absolute atomic E-state index is 13.1. The van der Waals surface area contributed by atoms with Gasteiger partial charge in [0.15, 0.2) is 12.2 Å². The van der Waals surface area contributed by atoms with Gasteiger partial charge in [-0.05, 0) is 109 Å². The number of phosphoric ester groups is 2. The number of aliphatic hydroxyl groups is 1. The third-order valence-electron chi connectivity index (χ3n) is 16.0. The predicted octanol–water partition coefficient (Wildman–Crippen LogP) is 21.1. The first-order valence-corrected chi connectivity index (χ1v) is 40.5. The molecule has 0 rings (SSSR count). The molecule has 94 heavy (non-hydrogen) atoms. The zero-order valence-electron chi connectivity index (χ0n) is 59.6. The Morgan fingerprint density at radius 2 is 0.532 bits per heavy atom. The van der Waals surface area contributed by atoms with Crippen molar-refractivity contribution in [2.75, 3.05) is 39.6 Å². The summed E-state index contributed by atoms with van der Waals surface area (Å²) >= 11 is 0. The highest BCUT2D eigenvalue weighted by molar-refractivity contribution is 7.47. The van der Waals surface area contributed by atoms with Crippen molar-refractivity contribution in [1.29, 1.82) is 0 Å². The van der Waals surface area contributed by atoms with E-state index < -0.39 is 97.5 Å². The number of hydrogen-bond acceptors (Lipinski definition) is 15. The van der Waals surface area contributed by atoms with Crippen LogP contribution in [0.2, 0.25) is 0 Å². The highest BCUT2D eigenvalue weighted by Crippen LogP contribution is 2.45. The molecule has 0 aliphatic heterocycles. The van der Waals surface area contributed by atoms with Gasteiger partial charge in [-0.2, -0.15) is 0 Å². The van der Waals surface area contributed by atoms with Gasteiger partial charge in [-0.25, -0.2) is 9.13 Å². The molecule has 3 N–H and O–H groups in total. The highest BCUT2D eigenvalue weighted by atomic mass is 31.2. The number of allylic oxidation sites excluding steroid dienone is 10. The van der Waals surface area contributed by atoms with Crippen molar-refractivity contribution >= 4 is 39.5 Å². The minimum Gasteiger partial charge on any atom is -0.462 e. The molecule has 0 aliphatic rings. The van der Waals surface area contributed by atoms with E-state index in [4.69, 9.17) is 37.0 Å². The number of carbonyl (C=O) groups is 4. The van der Waals surface area contributed by atoms with Crippen molar-refractivity contribution in [2.24, 2.45) is 0 Å². The first-order valence-electron chi connectivity index (χ1n) is 37.5. The molecular weight excluding hydrogens is 1230 g/mol. The molecule has 548 valence electrons. The second-order valence-corrected chi connectivity index (χ2v) is 28.1. The van der Waals surface area contributed by atoms with E-state index in [1.54, 1.807) is 0 Å². The first-order chi connectivity index (χ1) is 45.7. The zero-order valence-corrected chi connectivity index (χ0v) is 61.4. The minimum absolute atomic E-state index is 0.0790. The van der Waals surface area contributed by atoms with Gasteiger partial charge in [0.25, 0.3) is 0 Å². The Bertz CT molecular complexity index is 2030.